The Bertz CT molecular complexity index is 451. The summed E-state index contributed by atoms with van der Waals surface area (Å²) < 4.78 is 1.20. The van der Waals surface area contributed by atoms with Crippen LogP contribution in [0.1, 0.15) is 33.3 Å². The number of hydrogen-bond acceptors (Lipinski definition) is 2. The summed E-state index contributed by atoms with van der Waals surface area (Å²) in [6, 6.07) is 7.55. The average Bonchev–Trinajstić information content (AvgIpc) is 2.32. The number of hydrogen-bond donors (Lipinski definition) is 1. The predicted molar refractivity (Wildman–Crippen MR) is 86.9 cm³/mol. The molecule has 1 aromatic rings. The van der Waals surface area contributed by atoms with Gasteiger partial charge in [-0.1, -0.05) is 42.8 Å². The fourth-order valence-electron chi connectivity index (χ4n) is 2.69. The van der Waals surface area contributed by atoms with E-state index in [1.54, 1.807) is 0 Å². The highest BCUT2D eigenvalue weighted by molar-refractivity contribution is 9.10. The molecule has 0 radical (unpaired) electrons. The molecule has 0 aromatic heterocycles. The molecule has 1 saturated heterocycles. The van der Waals surface area contributed by atoms with Gasteiger partial charge in [0.2, 0.25) is 0 Å². The van der Waals surface area contributed by atoms with Crippen LogP contribution in [0.3, 0.4) is 0 Å². The third-order valence-electron chi connectivity index (χ3n) is 4.16. The quantitative estimate of drug-likeness (QED) is 0.840. The van der Waals surface area contributed by atoms with Gasteiger partial charge in [0.1, 0.15) is 0 Å². The van der Waals surface area contributed by atoms with E-state index in [9.17, 15) is 0 Å². The van der Waals surface area contributed by atoms with Gasteiger partial charge in [-0.05, 0) is 37.0 Å². The van der Waals surface area contributed by atoms with Crippen molar-refractivity contribution in [2.75, 3.05) is 18.0 Å². The molecular formula is C16H25BrN2. The van der Waals surface area contributed by atoms with Crippen LogP contribution in [-0.4, -0.2) is 25.2 Å². The zero-order valence-corrected chi connectivity index (χ0v) is 14.2. The number of nitrogens with zero attached hydrogens (tertiary/aromatic N) is 1. The lowest BCUT2D eigenvalue weighted by Crippen LogP contribution is -2.59. The van der Waals surface area contributed by atoms with Crippen molar-refractivity contribution in [3.05, 3.63) is 28.2 Å². The molecule has 106 valence electrons. The van der Waals surface area contributed by atoms with Gasteiger partial charge in [-0.3, -0.25) is 0 Å². The minimum absolute atomic E-state index is 0.290. The van der Waals surface area contributed by atoms with E-state index < -0.39 is 0 Å². The fourth-order valence-corrected chi connectivity index (χ4v) is 3.04. The topological polar surface area (TPSA) is 15.3 Å². The minimum atomic E-state index is 0.290. The van der Waals surface area contributed by atoms with E-state index in [1.165, 1.54) is 15.7 Å². The molecule has 2 atom stereocenters. The number of piperazine rings is 1. The summed E-state index contributed by atoms with van der Waals surface area (Å²) in [7, 11) is 0. The van der Waals surface area contributed by atoms with Crippen LogP contribution in [0.25, 0.3) is 0 Å². The lowest BCUT2D eigenvalue weighted by molar-refractivity contribution is 0.239. The highest BCUT2D eigenvalue weighted by Gasteiger charge is 2.32. The second-order valence-corrected chi connectivity index (χ2v) is 7.57. The van der Waals surface area contributed by atoms with E-state index in [0.717, 1.165) is 13.1 Å². The first-order valence-corrected chi connectivity index (χ1v) is 7.85. The van der Waals surface area contributed by atoms with E-state index in [2.05, 4.69) is 79.0 Å². The molecule has 0 spiro atoms. The van der Waals surface area contributed by atoms with Crippen molar-refractivity contribution in [2.24, 2.45) is 5.41 Å². The van der Waals surface area contributed by atoms with Crippen LogP contribution in [0.15, 0.2) is 22.7 Å². The van der Waals surface area contributed by atoms with Crippen molar-refractivity contribution in [1.29, 1.82) is 0 Å². The summed E-state index contributed by atoms with van der Waals surface area (Å²) in [5, 5.41) is 3.69. The molecule has 0 saturated carbocycles. The van der Waals surface area contributed by atoms with Crippen LogP contribution >= 0.6 is 15.9 Å². The zero-order valence-electron chi connectivity index (χ0n) is 12.6. The van der Waals surface area contributed by atoms with Gasteiger partial charge in [-0.25, -0.2) is 0 Å². The van der Waals surface area contributed by atoms with E-state index in [-0.39, 0.29) is 5.41 Å². The van der Waals surface area contributed by atoms with Crippen molar-refractivity contribution in [1.82, 2.24) is 5.32 Å². The fraction of sp³-hybridized carbons (Fsp3) is 0.625. The molecule has 2 unspecified atom stereocenters. The van der Waals surface area contributed by atoms with Gasteiger partial charge in [0, 0.05) is 35.3 Å². The van der Waals surface area contributed by atoms with Crippen molar-refractivity contribution < 1.29 is 0 Å². The lowest BCUT2D eigenvalue weighted by atomic mass is 9.84. The summed E-state index contributed by atoms with van der Waals surface area (Å²) in [4.78, 5) is 2.55. The van der Waals surface area contributed by atoms with Crippen LogP contribution in [-0.2, 0) is 0 Å². The van der Waals surface area contributed by atoms with Crippen LogP contribution in [0.4, 0.5) is 5.69 Å². The Morgan fingerprint density at radius 1 is 1.32 bits per heavy atom. The molecule has 0 aliphatic carbocycles. The van der Waals surface area contributed by atoms with Gasteiger partial charge in [0.25, 0.3) is 0 Å². The number of anilines is 1. The zero-order chi connectivity index (χ0) is 14.2. The first-order chi connectivity index (χ1) is 8.80. The van der Waals surface area contributed by atoms with Crippen molar-refractivity contribution in [3.63, 3.8) is 0 Å². The van der Waals surface area contributed by atoms with Crippen LogP contribution < -0.4 is 10.2 Å². The smallest absolute Gasteiger partial charge is 0.0410 e. The molecule has 1 aromatic carbocycles. The highest BCUT2D eigenvalue weighted by Crippen LogP contribution is 2.31. The predicted octanol–water partition coefficient (Wildman–Crippen LogP) is 3.97. The van der Waals surface area contributed by atoms with Gasteiger partial charge < -0.3 is 10.2 Å². The second kappa shape index (κ2) is 5.45. The van der Waals surface area contributed by atoms with Gasteiger partial charge in [-0.2, -0.15) is 0 Å². The number of halogens is 1. The molecule has 0 amide bonds. The van der Waals surface area contributed by atoms with Gasteiger partial charge in [0.05, 0.1) is 0 Å². The maximum absolute atomic E-state index is 3.69. The Morgan fingerprint density at radius 2 is 2.00 bits per heavy atom. The number of benzene rings is 1. The summed E-state index contributed by atoms with van der Waals surface area (Å²) in [6.45, 7) is 13.5. The molecule has 1 aliphatic rings. The summed E-state index contributed by atoms with van der Waals surface area (Å²) in [5.41, 5.74) is 2.99. The molecule has 3 heteroatoms. The maximum Gasteiger partial charge on any atom is 0.0410 e. The lowest BCUT2D eigenvalue weighted by Gasteiger charge is -2.45. The third-order valence-corrected chi connectivity index (χ3v) is 5.02. The Kier molecular flexibility index (Phi) is 4.26. The van der Waals surface area contributed by atoms with E-state index in [4.69, 9.17) is 0 Å². The van der Waals surface area contributed by atoms with E-state index in [1.807, 2.05) is 0 Å². The highest BCUT2D eigenvalue weighted by atomic mass is 79.9. The molecule has 0 bridgehead atoms. The van der Waals surface area contributed by atoms with Crippen molar-refractivity contribution in [3.8, 4) is 0 Å². The summed E-state index contributed by atoms with van der Waals surface area (Å²) in [5.74, 6) is 0. The number of rotatable bonds is 1. The molecule has 2 nitrogen and oxygen atoms in total. The first-order valence-electron chi connectivity index (χ1n) is 7.06. The Labute approximate surface area is 125 Å². The van der Waals surface area contributed by atoms with Gasteiger partial charge in [0.15, 0.2) is 0 Å². The monoisotopic (exact) mass is 324 g/mol. The summed E-state index contributed by atoms with van der Waals surface area (Å²) >= 11 is 3.64. The molecule has 1 aliphatic heterocycles. The Balaban J connectivity index is 2.29. The Morgan fingerprint density at radius 3 is 2.63 bits per heavy atom. The second-order valence-electron chi connectivity index (χ2n) is 6.71. The van der Waals surface area contributed by atoms with E-state index >= 15 is 0 Å². The Hall–Kier alpha value is -0.540. The van der Waals surface area contributed by atoms with E-state index in [0.29, 0.717) is 12.1 Å². The van der Waals surface area contributed by atoms with Crippen LogP contribution in [0.5, 0.6) is 0 Å². The SMILES string of the molecule is Cc1c(Br)cccc1N1CC(C(C)(C)C)NCC1C. The third kappa shape index (κ3) is 3.14. The van der Waals surface area contributed by atoms with Gasteiger partial charge >= 0.3 is 0 Å². The van der Waals surface area contributed by atoms with Gasteiger partial charge in [-0.15, -0.1) is 0 Å². The maximum atomic E-state index is 3.69. The van der Waals surface area contributed by atoms with Crippen molar-refractivity contribution in [2.45, 2.75) is 46.7 Å². The molecular weight excluding hydrogens is 300 g/mol. The summed E-state index contributed by atoms with van der Waals surface area (Å²) in [6.07, 6.45) is 0. The molecule has 19 heavy (non-hydrogen) atoms. The largest absolute Gasteiger partial charge is 0.366 e. The normalized spacial score (nSPS) is 24.6. The van der Waals surface area contributed by atoms with Crippen LogP contribution in [0.2, 0.25) is 0 Å². The number of nitrogens with one attached hydrogen (secondary N) is 1. The standard InChI is InChI=1S/C16H25BrN2/c1-11-9-18-15(16(3,4)5)10-19(11)14-8-6-7-13(17)12(14)2/h6-8,11,15,18H,9-10H2,1-5H3. The molecule has 1 N–H and O–H groups in total. The molecule has 1 fully saturated rings. The first kappa shape index (κ1) is 14.9. The minimum Gasteiger partial charge on any atom is -0.366 e. The average molecular weight is 325 g/mol. The molecule has 1 heterocycles. The van der Waals surface area contributed by atoms with Crippen LogP contribution in [0, 0.1) is 12.3 Å². The van der Waals surface area contributed by atoms with Crippen molar-refractivity contribution >= 4 is 21.6 Å². The molecule has 2 rings (SSSR count).